The monoisotopic (exact) mass is 223 g/mol. The van der Waals surface area contributed by atoms with Crippen LogP contribution in [0.3, 0.4) is 0 Å². The molecule has 2 fully saturated rings. The summed E-state index contributed by atoms with van der Waals surface area (Å²) in [5, 5.41) is 2.80. The molecule has 2 aromatic carbocycles. The first-order valence-electron chi connectivity index (χ1n) is 6.53. The molecule has 86 valence electrons. The van der Waals surface area contributed by atoms with E-state index in [2.05, 4.69) is 42.5 Å². The lowest BCUT2D eigenvalue weighted by Gasteiger charge is -2.17. The molecule has 2 saturated carbocycles. The van der Waals surface area contributed by atoms with Crippen LogP contribution in [0.15, 0.2) is 42.5 Å². The number of benzene rings is 2. The van der Waals surface area contributed by atoms with Gasteiger partial charge in [-0.1, -0.05) is 42.5 Å². The molecule has 2 aromatic rings. The fraction of sp³-hybridized carbons (Fsp3) is 0.375. The van der Waals surface area contributed by atoms with Crippen molar-refractivity contribution < 1.29 is 0 Å². The van der Waals surface area contributed by atoms with Crippen molar-refractivity contribution in [2.45, 2.75) is 30.7 Å². The summed E-state index contributed by atoms with van der Waals surface area (Å²) in [6, 6.07) is 15.9. The first-order valence-corrected chi connectivity index (χ1v) is 6.53. The minimum absolute atomic E-state index is 0.424. The van der Waals surface area contributed by atoms with Gasteiger partial charge in [0.25, 0.3) is 0 Å². The van der Waals surface area contributed by atoms with Gasteiger partial charge in [0.1, 0.15) is 0 Å². The molecule has 17 heavy (non-hydrogen) atoms. The van der Waals surface area contributed by atoms with Crippen LogP contribution in [-0.4, -0.2) is 6.04 Å². The van der Waals surface area contributed by atoms with Crippen LogP contribution in [0.5, 0.6) is 0 Å². The number of fused-ring (bicyclic) bond motifs is 2. The Kier molecular flexibility index (Phi) is 1.77. The number of rotatable bonds is 1. The molecule has 0 aliphatic heterocycles. The Bertz CT molecular complexity index is 584. The molecule has 2 aliphatic rings. The Balaban J connectivity index is 1.92. The van der Waals surface area contributed by atoms with E-state index in [1.165, 1.54) is 30.0 Å². The van der Waals surface area contributed by atoms with Crippen molar-refractivity contribution in [3.05, 3.63) is 48.0 Å². The molecule has 0 radical (unpaired) electrons. The second kappa shape index (κ2) is 3.11. The zero-order chi connectivity index (χ0) is 11.5. The first kappa shape index (κ1) is 9.67. The average molecular weight is 223 g/mol. The summed E-state index contributed by atoms with van der Waals surface area (Å²) < 4.78 is 0. The highest BCUT2D eigenvalue weighted by Gasteiger charge is 2.60. The van der Waals surface area contributed by atoms with Crippen molar-refractivity contribution >= 4 is 10.8 Å². The molecule has 0 saturated heterocycles. The quantitative estimate of drug-likeness (QED) is 0.789. The second-order valence-electron chi connectivity index (χ2n) is 5.78. The largest absolute Gasteiger partial charge is 0.328 e. The van der Waals surface area contributed by atoms with Crippen molar-refractivity contribution in [1.82, 2.24) is 0 Å². The number of nitrogens with two attached hydrogens (primary N) is 1. The van der Waals surface area contributed by atoms with Crippen LogP contribution >= 0.6 is 0 Å². The molecule has 0 spiro atoms. The van der Waals surface area contributed by atoms with E-state index in [1.54, 1.807) is 5.56 Å². The van der Waals surface area contributed by atoms with Gasteiger partial charge in [-0.15, -0.1) is 0 Å². The summed E-state index contributed by atoms with van der Waals surface area (Å²) in [6.45, 7) is 0. The van der Waals surface area contributed by atoms with E-state index >= 15 is 0 Å². The third-order valence-electron chi connectivity index (χ3n) is 4.77. The zero-order valence-electron chi connectivity index (χ0n) is 9.89. The van der Waals surface area contributed by atoms with Gasteiger partial charge in [0.2, 0.25) is 0 Å². The molecule has 2 aliphatic carbocycles. The van der Waals surface area contributed by atoms with Crippen molar-refractivity contribution in [3.63, 3.8) is 0 Å². The van der Waals surface area contributed by atoms with E-state index in [9.17, 15) is 0 Å². The van der Waals surface area contributed by atoms with Crippen LogP contribution in [-0.2, 0) is 5.41 Å². The third kappa shape index (κ3) is 1.23. The van der Waals surface area contributed by atoms with Gasteiger partial charge in [-0.2, -0.15) is 0 Å². The van der Waals surface area contributed by atoms with Gasteiger partial charge >= 0.3 is 0 Å². The van der Waals surface area contributed by atoms with Crippen molar-refractivity contribution in [2.24, 2.45) is 11.7 Å². The van der Waals surface area contributed by atoms with E-state index in [0.717, 1.165) is 5.92 Å². The zero-order valence-corrected chi connectivity index (χ0v) is 9.89. The Hall–Kier alpha value is -1.34. The van der Waals surface area contributed by atoms with Gasteiger partial charge in [0.05, 0.1) is 0 Å². The van der Waals surface area contributed by atoms with Crippen molar-refractivity contribution in [1.29, 1.82) is 0 Å². The highest BCUT2D eigenvalue weighted by Crippen LogP contribution is 2.64. The Morgan fingerprint density at radius 1 is 1.00 bits per heavy atom. The van der Waals surface area contributed by atoms with Gasteiger partial charge in [0, 0.05) is 11.5 Å². The van der Waals surface area contributed by atoms with Crippen LogP contribution in [0, 0.1) is 5.92 Å². The molecule has 0 bridgehead atoms. The van der Waals surface area contributed by atoms with Crippen molar-refractivity contribution in [3.8, 4) is 0 Å². The maximum Gasteiger partial charge on any atom is 0.00503 e. The molecule has 4 rings (SSSR count). The standard InChI is InChI=1S/C16H17N/c17-13-8-12-9-16(12,10-13)15-7-3-5-11-4-1-2-6-14(11)15/h1-7,12-13H,8-10,17H2/t12-,13?,16?/m0/s1. The Labute approximate surface area is 102 Å². The summed E-state index contributed by atoms with van der Waals surface area (Å²) in [7, 11) is 0. The molecule has 3 atom stereocenters. The summed E-state index contributed by atoms with van der Waals surface area (Å²) in [6.07, 6.45) is 3.77. The minimum atomic E-state index is 0.424. The van der Waals surface area contributed by atoms with Gasteiger partial charge < -0.3 is 5.73 Å². The topological polar surface area (TPSA) is 26.0 Å². The first-order chi connectivity index (χ1) is 8.29. The summed E-state index contributed by atoms with van der Waals surface area (Å²) >= 11 is 0. The normalized spacial score (nSPS) is 34.9. The van der Waals surface area contributed by atoms with E-state index in [0.29, 0.717) is 11.5 Å². The highest BCUT2D eigenvalue weighted by molar-refractivity contribution is 5.87. The lowest BCUT2D eigenvalue weighted by molar-refractivity contribution is 0.585. The van der Waals surface area contributed by atoms with Crippen molar-refractivity contribution in [2.75, 3.05) is 0 Å². The molecule has 0 amide bonds. The maximum absolute atomic E-state index is 6.12. The van der Waals surface area contributed by atoms with Crippen LogP contribution in [0.1, 0.15) is 24.8 Å². The predicted molar refractivity (Wildman–Crippen MR) is 70.9 cm³/mol. The predicted octanol–water partition coefficient (Wildman–Crippen LogP) is 3.22. The fourth-order valence-electron chi connectivity index (χ4n) is 3.96. The molecule has 0 heterocycles. The van der Waals surface area contributed by atoms with Crippen LogP contribution < -0.4 is 5.73 Å². The van der Waals surface area contributed by atoms with Gasteiger partial charge in [-0.3, -0.25) is 0 Å². The fourth-order valence-corrected chi connectivity index (χ4v) is 3.96. The third-order valence-corrected chi connectivity index (χ3v) is 4.77. The van der Waals surface area contributed by atoms with E-state index in [-0.39, 0.29) is 0 Å². The summed E-state index contributed by atoms with van der Waals surface area (Å²) in [5.41, 5.74) is 8.10. The molecule has 1 heteroatoms. The maximum atomic E-state index is 6.12. The van der Waals surface area contributed by atoms with Crippen LogP contribution in [0.4, 0.5) is 0 Å². The molecule has 0 aromatic heterocycles. The average Bonchev–Trinajstić information content (AvgIpc) is 2.92. The van der Waals surface area contributed by atoms with Gasteiger partial charge in [-0.25, -0.2) is 0 Å². The summed E-state index contributed by atoms with van der Waals surface area (Å²) in [4.78, 5) is 0. The Morgan fingerprint density at radius 2 is 1.82 bits per heavy atom. The number of hydrogen-bond acceptors (Lipinski definition) is 1. The van der Waals surface area contributed by atoms with E-state index in [1.807, 2.05) is 0 Å². The minimum Gasteiger partial charge on any atom is -0.328 e. The lowest BCUT2D eigenvalue weighted by Crippen LogP contribution is -2.20. The lowest BCUT2D eigenvalue weighted by atomic mass is 9.88. The molecule has 2 unspecified atom stereocenters. The second-order valence-corrected chi connectivity index (χ2v) is 5.78. The molecular weight excluding hydrogens is 206 g/mol. The molecule has 1 nitrogen and oxygen atoms in total. The molecular formula is C16H17N. The highest BCUT2D eigenvalue weighted by atomic mass is 14.8. The number of hydrogen-bond donors (Lipinski definition) is 1. The van der Waals surface area contributed by atoms with Crippen LogP contribution in [0.25, 0.3) is 10.8 Å². The molecule has 2 N–H and O–H groups in total. The SMILES string of the molecule is NC1C[C@H]2CC2(c2cccc3ccccc23)C1. The summed E-state index contributed by atoms with van der Waals surface area (Å²) in [5.74, 6) is 0.850. The smallest absolute Gasteiger partial charge is 0.00503 e. The Morgan fingerprint density at radius 3 is 2.65 bits per heavy atom. The van der Waals surface area contributed by atoms with Crippen LogP contribution in [0.2, 0.25) is 0 Å². The van der Waals surface area contributed by atoms with Gasteiger partial charge in [-0.05, 0) is 41.5 Å². The van der Waals surface area contributed by atoms with E-state index < -0.39 is 0 Å². The van der Waals surface area contributed by atoms with E-state index in [4.69, 9.17) is 5.73 Å². The van der Waals surface area contributed by atoms with Gasteiger partial charge in [0.15, 0.2) is 0 Å².